The third kappa shape index (κ3) is 5.93. The van der Waals surface area contributed by atoms with Gasteiger partial charge in [-0.2, -0.15) is 0 Å². The van der Waals surface area contributed by atoms with Gasteiger partial charge in [-0.1, -0.05) is 72.8 Å². The maximum Gasteiger partial charge on any atom is 0.251 e. The summed E-state index contributed by atoms with van der Waals surface area (Å²) in [4.78, 5) is 19.8. The molecule has 4 aromatic rings. The molecule has 1 aromatic heterocycles. The molecule has 166 valence electrons. The van der Waals surface area contributed by atoms with E-state index in [-0.39, 0.29) is 5.91 Å². The second kappa shape index (κ2) is 10.7. The zero-order valence-corrected chi connectivity index (χ0v) is 19.2. The number of nitrogens with one attached hydrogen (secondary N) is 1. The second-order valence-corrected chi connectivity index (χ2v) is 8.35. The highest BCUT2D eigenvalue weighted by Gasteiger charge is 2.11. The molecule has 0 aliphatic rings. The molecule has 0 atom stereocenters. The van der Waals surface area contributed by atoms with Crippen LogP contribution in [0.2, 0.25) is 0 Å². The van der Waals surface area contributed by atoms with Crippen LogP contribution in [-0.4, -0.2) is 43.0 Å². The third-order valence-corrected chi connectivity index (χ3v) is 5.49. The average Bonchev–Trinajstić information content (AvgIpc) is 2.87. The van der Waals surface area contributed by atoms with E-state index in [0.717, 1.165) is 46.6 Å². The molecule has 0 aliphatic heterocycles. The van der Waals surface area contributed by atoms with Crippen molar-refractivity contribution in [2.24, 2.45) is 0 Å². The van der Waals surface area contributed by atoms with Crippen LogP contribution in [0.3, 0.4) is 0 Å². The molecular formula is C29H29N3O. The Morgan fingerprint density at radius 1 is 0.727 bits per heavy atom. The summed E-state index contributed by atoms with van der Waals surface area (Å²) in [6, 6.07) is 32.4. The number of amides is 1. The summed E-state index contributed by atoms with van der Waals surface area (Å²) in [6.07, 6.45) is 0.920. The average molecular weight is 436 g/mol. The molecule has 4 nitrogen and oxygen atoms in total. The summed E-state index contributed by atoms with van der Waals surface area (Å²) < 4.78 is 0. The summed E-state index contributed by atoms with van der Waals surface area (Å²) in [6.45, 7) is 1.61. The fraction of sp³-hybridized carbons (Fsp3) is 0.172. The molecular weight excluding hydrogens is 406 g/mol. The normalized spacial score (nSPS) is 10.9. The Labute approximate surface area is 195 Å². The van der Waals surface area contributed by atoms with Crippen LogP contribution in [0.5, 0.6) is 0 Å². The Morgan fingerprint density at radius 3 is 1.88 bits per heavy atom. The number of nitrogens with zero attached hydrogens (tertiary/aromatic N) is 2. The molecule has 0 fully saturated rings. The van der Waals surface area contributed by atoms with Gasteiger partial charge < -0.3 is 10.2 Å². The standard InChI is InChI=1S/C29H29N3O/c1-32(2)18-10-17-30-29(33)25-16-9-15-24(19-25)26-20-27(22-11-5-3-6-12-22)31-28(21-26)23-13-7-4-8-14-23/h3-9,11-16,19-21H,10,17-18H2,1-2H3,(H,30,33). The van der Waals surface area contributed by atoms with Crippen molar-refractivity contribution in [1.82, 2.24) is 15.2 Å². The lowest BCUT2D eigenvalue weighted by atomic mass is 9.98. The monoisotopic (exact) mass is 435 g/mol. The number of hydrogen-bond acceptors (Lipinski definition) is 3. The van der Waals surface area contributed by atoms with Crippen LogP contribution in [-0.2, 0) is 0 Å². The van der Waals surface area contributed by atoms with Gasteiger partial charge in [-0.05, 0) is 62.5 Å². The van der Waals surface area contributed by atoms with Gasteiger partial charge in [0.1, 0.15) is 0 Å². The Kier molecular flexibility index (Phi) is 7.28. The number of rotatable bonds is 8. The first kappa shape index (κ1) is 22.4. The van der Waals surface area contributed by atoms with Crippen molar-refractivity contribution in [3.63, 3.8) is 0 Å². The summed E-state index contributed by atoms with van der Waals surface area (Å²) in [7, 11) is 4.07. The number of benzene rings is 3. The van der Waals surface area contributed by atoms with Gasteiger partial charge in [0, 0.05) is 23.2 Å². The lowest BCUT2D eigenvalue weighted by Crippen LogP contribution is -2.27. The molecule has 0 bridgehead atoms. The van der Waals surface area contributed by atoms with E-state index >= 15 is 0 Å². The molecule has 0 aliphatic carbocycles. The molecule has 0 saturated carbocycles. The Bertz CT molecular complexity index is 1150. The van der Waals surface area contributed by atoms with Crippen LogP contribution < -0.4 is 5.32 Å². The summed E-state index contributed by atoms with van der Waals surface area (Å²) in [5.41, 5.74) is 6.63. The van der Waals surface area contributed by atoms with Crippen molar-refractivity contribution in [3.05, 3.63) is 103 Å². The minimum absolute atomic E-state index is 0.0452. The van der Waals surface area contributed by atoms with Crippen molar-refractivity contribution in [3.8, 4) is 33.6 Å². The Hall–Kier alpha value is -3.76. The van der Waals surface area contributed by atoms with E-state index in [0.29, 0.717) is 12.1 Å². The van der Waals surface area contributed by atoms with E-state index in [1.54, 1.807) is 0 Å². The van der Waals surface area contributed by atoms with E-state index < -0.39 is 0 Å². The predicted octanol–water partition coefficient (Wildman–Crippen LogP) is 5.76. The zero-order valence-electron chi connectivity index (χ0n) is 19.2. The summed E-state index contributed by atoms with van der Waals surface area (Å²) in [5.74, 6) is -0.0452. The molecule has 0 unspecified atom stereocenters. The van der Waals surface area contributed by atoms with Gasteiger partial charge in [-0.3, -0.25) is 4.79 Å². The lowest BCUT2D eigenvalue weighted by molar-refractivity contribution is 0.0952. The minimum atomic E-state index is -0.0452. The van der Waals surface area contributed by atoms with Crippen LogP contribution in [0.1, 0.15) is 16.8 Å². The maximum atomic E-state index is 12.7. The highest BCUT2D eigenvalue weighted by Crippen LogP contribution is 2.30. The van der Waals surface area contributed by atoms with Crippen LogP contribution in [0.25, 0.3) is 33.6 Å². The fourth-order valence-corrected chi connectivity index (χ4v) is 3.75. The van der Waals surface area contributed by atoms with Crippen LogP contribution in [0.15, 0.2) is 97.1 Å². The van der Waals surface area contributed by atoms with Crippen molar-refractivity contribution in [2.45, 2.75) is 6.42 Å². The smallest absolute Gasteiger partial charge is 0.251 e. The van der Waals surface area contributed by atoms with Gasteiger partial charge in [0.15, 0.2) is 0 Å². The Morgan fingerprint density at radius 2 is 1.30 bits per heavy atom. The maximum absolute atomic E-state index is 12.7. The molecule has 33 heavy (non-hydrogen) atoms. The first-order chi connectivity index (χ1) is 16.1. The second-order valence-electron chi connectivity index (χ2n) is 8.35. The van der Waals surface area contributed by atoms with E-state index in [1.165, 1.54) is 0 Å². The van der Waals surface area contributed by atoms with E-state index in [9.17, 15) is 4.79 Å². The van der Waals surface area contributed by atoms with Crippen molar-refractivity contribution in [1.29, 1.82) is 0 Å². The lowest BCUT2D eigenvalue weighted by Gasteiger charge is -2.12. The molecule has 1 heterocycles. The number of aromatic nitrogens is 1. The molecule has 0 spiro atoms. The van der Waals surface area contributed by atoms with Gasteiger partial charge in [0.2, 0.25) is 0 Å². The SMILES string of the molecule is CN(C)CCCNC(=O)c1cccc(-c2cc(-c3ccccc3)nc(-c3ccccc3)c2)c1. The Balaban J connectivity index is 1.67. The van der Waals surface area contributed by atoms with Crippen LogP contribution in [0.4, 0.5) is 0 Å². The fourth-order valence-electron chi connectivity index (χ4n) is 3.75. The van der Waals surface area contributed by atoms with Gasteiger partial charge >= 0.3 is 0 Å². The van der Waals surface area contributed by atoms with Crippen LogP contribution >= 0.6 is 0 Å². The third-order valence-electron chi connectivity index (χ3n) is 5.49. The summed E-state index contributed by atoms with van der Waals surface area (Å²) >= 11 is 0. The quantitative estimate of drug-likeness (QED) is 0.358. The number of carbonyl (C=O) groups is 1. The van der Waals surface area contributed by atoms with E-state index in [2.05, 4.69) is 46.6 Å². The largest absolute Gasteiger partial charge is 0.352 e. The first-order valence-electron chi connectivity index (χ1n) is 11.3. The van der Waals surface area contributed by atoms with Crippen LogP contribution in [0, 0.1) is 0 Å². The van der Waals surface area contributed by atoms with Crippen molar-refractivity contribution >= 4 is 5.91 Å². The van der Waals surface area contributed by atoms with Gasteiger partial charge in [-0.15, -0.1) is 0 Å². The highest BCUT2D eigenvalue weighted by atomic mass is 16.1. The molecule has 0 saturated heterocycles. The van der Waals surface area contributed by atoms with Crippen molar-refractivity contribution in [2.75, 3.05) is 27.2 Å². The van der Waals surface area contributed by atoms with E-state index in [4.69, 9.17) is 4.98 Å². The van der Waals surface area contributed by atoms with Gasteiger partial charge in [-0.25, -0.2) is 4.98 Å². The zero-order chi connectivity index (χ0) is 23.0. The molecule has 4 heteroatoms. The summed E-state index contributed by atoms with van der Waals surface area (Å²) in [5, 5.41) is 3.03. The van der Waals surface area contributed by atoms with Crippen molar-refractivity contribution < 1.29 is 4.79 Å². The molecule has 0 radical (unpaired) electrons. The topological polar surface area (TPSA) is 45.2 Å². The number of carbonyl (C=O) groups excluding carboxylic acids is 1. The molecule has 1 N–H and O–H groups in total. The minimum Gasteiger partial charge on any atom is -0.352 e. The molecule has 1 amide bonds. The predicted molar refractivity (Wildman–Crippen MR) is 136 cm³/mol. The highest BCUT2D eigenvalue weighted by molar-refractivity contribution is 5.95. The number of hydrogen-bond donors (Lipinski definition) is 1. The van der Waals surface area contributed by atoms with Gasteiger partial charge in [0.25, 0.3) is 5.91 Å². The molecule has 3 aromatic carbocycles. The molecule has 4 rings (SSSR count). The number of pyridine rings is 1. The van der Waals surface area contributed by atoms with Gasteiger partial charge in [0.05, 0.1) is 11.4 Å². The first-order valence-corrected chi connectivity index (χ1v) is 11.3. The van der Waals surface area contributed by atoms with E-state index in [1.807, 2.05) is 74.8 Å².